The number of Topliss-reactive ketones (excluding diaryl/α,β-unsaturated/α-hetero) is 1. The summed E-state index contributed by atoms with van der Waals surface area (Å²) in [6.45, 7) is 0.151. The molecular formula is C15H11N3O4. The molecule has 0 atom stereocenters. The molecule has 3 rings (SSSR count). The largest absolute Gasteiger partial charge is 0.488 e. The summed E-state index contributed by atoms with van der Waals surface area (Å²) in [4.78, 5) is 30.4. The zero-order valence-electron chi connectivity index (χ0n) is 11.4. The summed E-state index contributed by atoms with van der Waals surface area (Å²) in [6, 6.07) is 7.40. The van der Waals surface area contributed by atoms with Crippen LogP contribution in [0.25, 0.3) is 0 Å². The van der Waals surface area contributed by atoms with Crippen molar-refractivity contribution in [2.24, 2.45) is 4.99 Å². The first-order chi connectivity index (χ1) is 10.6. The van der Waals surface area contributed by atoms with Crippen molar-refractivity contribution >= 4 is 22.9 Å². The summed E-state index contributed by atoms with van der Waals surface area (Å²) in [5.41, 5.74) is 1.71. The Balaban J connectivity index is 1.71. The van der Waals surface area contributed by atoms with Gasteiger partial charge >= 0.3 is 0 Å². The predicted molar refractivity (Wildman–Crippen MR) is 78.9 cm³/mol. The van der Waals surface area contributed by atoms with E-state index in [1.807, 2.05) is 0 Å². The number of hydrogen-bond donors (Lipinski definition) is 0. The van der Waals surface area contributed by atoms with Gasteiger partial charge in [-0.1, -0.05) is 0 Å². The van der Waals surface area contributed by atoms with Crippen LogP contribution in [0.4, 0.5) is 11.4 Å². The van der Waals surface area contributed by atoms with Gasteiger partial charge in [-0.05, 0) is 18.2 Å². The molecule has 0 aliphatic carbocycles. The number of carbonyl (C=O) groups excluding carboxylic acids is 1. The Kier molecular flexibility index (Phi) is 3.61. The molecule has 2 aromatic rings. The highest BCUT2D eigenvalue weighted by atomic mass is 16.6. The van der Waals surface area contributed by atoms with E-state index in [4.69, 9.17) is 4.74 Å². The Morgan fingerprint density at radius 2 is 2.00 bits per heavy atom. The van der Waals surface area contributed by atoms with Gasteiger partial charge in [-0.2, -0.15) is 0 Å². The smallest absolute Gasteiger partial charge is 0.269 e. The number of non-ortho nitro benzene ring substituents is 1. The zero-order valence-corrected chi connectivity index (χ0v) is 11.4. The molecule has 22 heavy (non-hydrogen) atoms. The molecule has 7 heteroatoms. The molecule has 0 saturated carbocycles. The Morgan fingerprint density at radius 3 is 2.73 bits per heavy atom. The van der Waals surface area contributed by atoms with Crippen molar-refractivity contribution in [3.05, 3.63) is 58.4 Å². The third-order valence-electron chi connectivity index (χ3n) is 3.20. The fourth-order valence-electron chi connectivity index (χ4n) is 2.12. The van der Waals surface area contributed by atoms with Gasteiger partial charge in [0.15, 0.2) is 5.78 Å². The molecule has 2 heterocycles. The van der Waals surface area contributed by atoms with Crippen molar-refractivity contribution < 1.29 is 14.5 Å². The maximum Gasteiger partial charge on any atom is 0.269 e. The lowest BCUT2D eigenvalue weighted by molar-refractivity contribution is -0.384. The number of rotatable bonds is 4. The average Bonchev–Trinajstić information content (AvgIpc) is 2.53. The molecule has 0 fully saturated rings. The summed E-state index contributed by atoms with van der Waals surface area (Å²) in [7, 11) is 0. The average molecular weight is 297 g/mol. The molecule has 0 saturated heterocycles. The van der Waals surface area contributed by atoms with Crippen molar-refractivity contribution in [2.75, 3.05) is 6.61 Å². The Morgan fingerprint density at radius 1 is 1.23 bits per heavy atom. The van der Waals surface area contributed by atoms with E-state index in [0.29, 0.717) is 22.7 Å². The fourth-order valence-corrected chi connectivity index (χ4v) is 2.12. The number of nitrogens with zero attached hydrogens (tertiary/aromatic N) is 3. The van der Waals surface area contributed by atoms with E-state index in [0.717, 1.165) is 0 Å². The number of ether oxygens (including phenoxy) is 1. The quantitative estimate of drug-likeness (QED) is 0.638. The van der Waals surface area contributed by atoms with Crippen LogP contribution in [-0.4, -0.2) is 28.0 Å². The number of hydrogen-bond acceptors (Lipinski definition) is 6. The number of aromatic nitrogens is 1. The summed E-state index contributed by atoms with van der Waals surface area (Å²) < 4.78 is 5.52. The van der Waals surface area contributed by atoms with E-state index in [1.54, 1.807) is 12.3 Å². The standard InChI is InChI=1S/C15H11N3O4/c19-15-7-10(17-14-8-16-6-5-13(14)15)9-22-12-3-1-11(2-4-12)18(20)21/h1-6,8H,7,9H2. The summed E-state index contributed by atoms with van der Waals surface area (Å²) in [5, 5.41) is 10.6. The first kappa shape index (κ1) is 13.9. The topological polar surface area (TPSA) is 94.7 Å². The molecule has 0 amide bonds. The predicted octanol–water partition coefficient (Wildman–Crippen LogP) is 2.73. The molecule has 1 aliphatic rings. The minimum Gasteiger partial charge on any atom is -0.488 e. The third-order valence-corrected chi connectivity index (χ3v) is 3.20. The number of aliphatic imine (C=N–C) groups is 1. The van der Waals surface area contributed by atoms with E-state index < -0.39 is 4.92 Å². The minimum absolute atomic E-state index is 0.00228. The van der Waals surface area contributed by atoms with Crippen molar-refractivity contribution in [1.29, 1.82) is 0 Å². The van der Waals surface area contributed by atoms with E-state index in [-0.39, 0.29) is 24.5 Å². The zero-order chi connectivity index (χ0) is 15.5. The van der Waals surface area contributed by atoms with Gasteiger partial charge in [-0.15, -0.1) is 0 Å². The van der Waals surface area contributed by atoms with Crippen molar-refractivity contribution in [2.45, 2.75) is 6.42 Å². The van der Waals surface area contributed by atoms with Crippen LogP contribution in [0.1, 0.15) is 16.8 Å². The van der Waals surface area contributed by atoms with Crippen LogP contribution in [0, 0.1) is 10.1 Å². The molecule has 0 N–H and O–H groups in total. The van der Waals surface area contributed by atoms with E-state index in [2.05, 4.69) is 9.98 Å². The molecule has 1 aromatic carbocycles. The third kappa shape index (κ3) is 2.83. The highest BCUT2D eigenvalue weighted by Crippen LogP contribution is 2.25. The maximum absolute atomic E-state index is 12.0. The Hall–Kier alpha value is -3.09. The van der Waals surface area contributed by atoms with Crippen LogP contribution in [0.2, 0.25) is 0 Å². The highest BCUT2D eigenvalue weighted by Gasteiger charge is 2.20. The van der Waals surface area contributed by atoms with Crippen LogP contribution >= 0.6 is 0 Å². The van der Waals surface area contributed by atoms with E-state index in [1.165, 1.54) is 30.5 Å². The van der Waals surface area contributed by atoms with Gasteiger partial charge in [0.25, 0.3) is 5.69 Å². The summed E-state index contributed by atoms with van der Waals surface area (Å²) in [6.07, 6.45) is 3.30. The van der Waals surface area contributed by atoms with Crippen LogP contribution in [-0.2, 0) is 0 Å². The second-order valence-electron chi connectivity index (χ2n) is 4.71. The second-order valence-corrected chi connectivity index (χ2v) is 4.71. The molecule has 0 bridgehead atoms. The summed E-state index contributed by atoms with van der Waals surface area (Å²) >= 11 is 0. The fraction of sp³-hybridized carbons (Fsp3) is 0.133. The number of pyridine rings is 1. The number of carbonyl (C=O) groups is 1. The van der Waals surface area contributed by atoms with Crippen LogP contribution < -0.4 is 4.74 Å². The SMILES string of the molecule is O=C1CC(COc2ccc([N+](=O)[O-])cc2)=Nc2cnccc21. The first-order valence-electron chi connectivity index (χ1n) is 6.54. The van der Waals surface area contributed by atoms with Crippen LogP contribution in [0.15, 0.2) is 47.7 Å². The van der Waals surface area contributed by atoms with Gasteiger partial charge in [-0.25, -0.2) is 0 Å². The minimum atomic E-state index is -0.475. The normalized spacial score (nSPS) is 13.3. The van der Waals surface area contributed by atoms with Crippen molar-refractivity contribution in [3.63, 3.8) is 0 Å². The lowest BCUT2D eigenvalue weighted by atomic mass is 10.0. The molecule has 0 radical (unpaired) electrons. The highest BCUT2D eigenvalue weighted by molar-refractivity contribution is 6.16. The van der Waals surface area contributed by atoms with Gasteiger partial charge in [0.1, 0.15) is 12.4 Å². The molecule has 0 spiro atoms. The number of nitro benzene ring substituents is 1. The number of benzene rings is 1. The van der Waals surface area contributed by atoms with Crippen molar-refractivity contribution in [3.8, 4) is 5.75 Å². The molecule has 110 valence electrons. The van der Waals surface area contributed by atoms with Gasteiger partial charge in [0.2, 0.25) is 0 Å². The molecule has 7 nitrogen and oxygen atoms in total. The van der Waals surface area contributed by atoms with E-state index in [9.17, 15) is 14.9 Å². The number of nitro groups is 1. The van der Waals surface area contributed by atoms with Crippen LogP contribution in [0.3, 0.4) is 0 Å². The lowest BCUT2D eigenvalue weighted by Crippen LogP contribution is -2.19. The Bertz CT molecular complexity index is 769. The molecule has 0 unspecified atom stereocenters. The van der Waals surface area contributed by atoms with Gasteiger partial charge in [0.05, 0.1) is 28.9 Å². The second kappa shape index (κ2) is 5.72. The van der Waals surface area contributed by atoms with Gasteiger partial charge in [0, 0.05) is 23.9 Å². The van der Waals surface area contributed by atoms with Gasteiger partial charge in [-0.3, -0.25) is 24.9 Å². The molecule has 1 aromatic heterocycles. The number of ketones is 1. The molecule has 1 aliphatic heterocycles. The summed E-state index contributed by atoms with van der Waals surface area (Å²) in [5.74, 6) is 0.465. The monoisotopic (exact) mass is 297 g/mol. The first-order valence-corrected chi connectivity index (χ1v) is 6.54. The van der Waals surface area contributed by atoms with E-state index >= 15 is 0 Å². The van der Waals surface area contributed by atoms with Gasteiger partial charge < -0.3 is 4.74 Å². The lowest BCUT2D eigenvalue weighted by Gasteiger charge is -2.14. The number of fused-ring (bicyclic) bond motifs is 1. The van der Waals surface area contributed by atoms with Crippen molar-refractivity contribution in [1.82, 2.24) is 4.98 Å². The maximum atomic E-state index is 12.0. The Labute approximate surface area is 125 Å². The molecular weight excluding hydrogens is 286 g/mol. The van der Waals surface area contributed by atoms with Crippen LogP contribution in [0.5, 0.6) is 5.75 Å².